The van der Waals surface area contributed by atoms with Crippen LogP contribution in [0.4, 0.5) is 5.00 Å². The molecule has 158 valence electrons. The number of fused-ring (bicyclic) bond motifs is 4. The Morgan fingerprint density at radius 2 is 1.94 bits per heavy atom. The van der Waals surface area contributed by atoms with Gasteiger partial charge in [0.25, 0.3) is 5.91 Å². The maximum Gasteiger partial charge on any atom is 0.256 e. The van der Waals surface area contributed by atoms with Crippen LogP contribution >= 0.6 is 22.9 Å². The first-order valence-electron chi connectivity index (χ1n) is 10.2. The Labute approximate surface area is 188 Å². The Balaban J connectivity index is 1.26. The number of nitrogens with zero attached hydrogens (tertiary/aromatic N) is 1. The van der Waals surface area contributed by atoms with Crippen molar-refractivity contribution in [2.75, 3.05) is 18.7 Å². The largest absolute Gasteiger partial charge is 0.454 e. The number of anilines is 1. The first-order valence-corrected chi connectivity index (χ1v) is 11.4. The van der Waals surface area contributed by atoms with E-state index in [0.717, 1.165) is 42.2 Å². The highest BCUT2D eigenvalue weighted by atomic mass is 35.5. The maximum absolute atomic E-state index is 13.1. The minimum absolute atomic E-state index is 0.0542. The second-order valence-corrected chi connectivity index (χ2v) is 9.44. The molecular weight excluding hydrogens is 434 g/mol. The molecule has 3 aliphatic rings. The topological polar surface area (TPSA) is 62.8 Å². The summed E-state index contributed by atoms with van der Waals surface area (Å²) in [4.78, 5) is 16.8. The predicted molar refractivity (Wildman–Crippen MR) is 120 cm³/mol. The second-order valence-electron chi connectivity index (χ2n) is 7.93. The van der Waals surface area contributed by atoms with Crippen molar-refractivity contribution >= 4 is 33.8 Å². The number of nitrogens with one attached hydrogen (secondary N) is 2. The van der Waals surface area contributed by atoms with Crippen molar-refractivity contribution in [3.63, 3.8) is 0 Å². The van der Waals surface area contributed by atoms with Crippen LogP contribution in [0.5, 0.6) is 11.5 Å². The molecule has 1 aromatic heterocycles. The molecule has 6 nitrogen and oxygen atoms in total. The van der Waals surface area contributed by atoms with Gasteiger partial charge in [0.1, 0.15) is 11.2 Å². The number of carbonyl (C=O) groups is 1. The van der Waals surface area contributed by atoms with Crippen LogP contribution in [0.25, 0.3) is 0 Å². The van der Waals surface area contributed by atoms with Gasteiger partial charge in [0.15, 0.2) is 11.5 Å². The summed E-state index contributed by atoms with van der Waals surface area (Å²) in [5.41, 5.74) is 4.03. The minimum Gasteiger partial charge on any atom is -0.454 e. The fraction of sp³-hybridized carbons (Fsp3) is 0.261. The zero-order valence-corrected chi connectivity index (χ0v) is 18.2. The molecule has 1 atom stereocenters. The highest BCUT2D eigenvalue weighted by Crippen LogP contribution is 2.44. The van der Waals surface area contributed by atoms with Gasteiger partial charge in [-0.25, -0.2) is 0 Å². The van der Waals surface area contributed by atoms with Gasteiger partial charge in [-0.1, -0.05) is 41.9 Å². The van der Waals surface area contributed by atoms with Gasteiger partial charge in [-0.2, -0.15) is 0 Å². The molecule has 3 aliphatic heterocycles. The summed E-state index contributed by atoms with van der Waals surface area (Å²) in [6.45, 7) is 2.89. The summed E-state index contributed by atoms with van der Waals surface area (Å²) in [7, 11) is 0. The molecule has 0 aliphatic carbocycles. The lowest BCUT2D eigenvalue weighted by molar-refractivity contribution is 0.0934. The van der Waals surface area contributed by atoms with Crippen molar-refractivity contribution in [2.45, 2.75) is 25.7 Å². The van der Waals surface area contributed by atoms with Crippen molar-refractivity contribution in [2.24, 2.45) is 0 Å². The summed E-state index contributed by atoms with van der Waals surface area (Å²) >= 11 is 8.16. The van der Waals surface area contributed by atoms with Crippen LogP contribution in [0.3, 0.4) is 0 Å². The molecule has 6 rings (SSSR count). The molecule has 0 fully saturated rings. The van der Waals surface area contributed by atoms with Crippen LogP contribution in [-0.4, -0.2) is 24.1 Å². The van der Waals surface area contributed by atoms with Gasteiger partial charge in [0.05, 0.1) is 10.6 Å². The molecule has 8 heteroatoms. The molecule has 0 saturated heterocycles. The van der Waals surface area contributed by atoms with Crippen LogP contribution in [0.15, 0.2) is 42.5 Å². The predicted octanol–water partition coefficient (Wildman–Crippen LogP) is 4.54. The van der Waals surface area contributed by atoms with Gasteiger partial charge < -0.3 is 20.1 Å². The average Bonchev–Trinajstić information content (AvgIpc) is 3.37. The molecule has 0 spiro atoms. The Morgan fingerprint density at radius 3 is 2.77 bits per heavy atom. The van der Waals surface area contributed by atoms with E-state index in [-0.39, 0.29) is 12.7 Å². The number of amides is 1. The first kappa shape index (κ1) is 19.0. The Hall–Kier alpha value is -2.74. The second kappa shape index (κ2) is 7.44. The van der Waals surface area contributed by atoms with Gasteiger partial charge in [-0.3, -0.25) is 9.69 Å². The fourth-order valence-electron chi connectivity index (χ4n) is 4.45. The molecule has 2 N–H and O–H groups in total. The molecule has 0 saturated carbocycles. The SMILES string of the molecule is O=C1NC(c2cc3c(cc2Cl)OCO3)Nc2sc3c(c21)CCN(Cc1ccccc1)C3. The molecule has 1 unspecified atom stereocenters. The Kier molecular flexibility index (Phi) is 4.56. The van der Waals surface area contributed by atoms with Crippen LogP contribution in [0, 0.1) is 0 Å². The highest BCUT2D eigenvalue weighted by molar-refractivity contribution is 7.16. The number of rotatable bonds is 3. The lowest BCUT2D eigenvalue weighted by Gasteiger charge is -2.29. The van der Waals surface area contributed by atoms with Crippen molar-refractivity contribution in [1.82, 2.24) is 10.2 Å². The number of halogens is 1. The smallest absolute Gasteiger partial charge is 0.256 e. The Bertz CT molecular complexity index is 1180. The monoisotopic (exact) mass is 453 g/mol. The highest BCUT2D eigenvalue weighted by Gasteiger charge is 2.34. The van der Waals surface area contributed by atoms with E-state index in [2.05, 4.69) is 39.8 Å². The first-order chi connectivity index (χ1) is 15.2. The number of hydrogen-bond donors (Lipinski definition) is 2. The van der Waals surface area contributed by atoms with Gasteiger partial charge in [0, 0.05) is 36.1 Å². The van der Waals surface area contributed by atoms with Crippen molar-refractivity contribution < 1.29 is 14.3 Å². The van der Waals surface area contributed by atoms with E-state index < -0.39 is 6.17 Å². The molecule has 0 radical (unpaired) electrons. The van der Waals surface area contributed by atoms with Gasteiger partial charge in [-0.15, -0.1) is 11.3 Å². The van der Waals surface area contributed by atoms with Crippen molar-refractivity contribution in [3.8, 4) is 11.5 Å². The molecule has 2 aromatic carbocycles. The standard InChI is InChI=1S/C23H20ClN3O3S/c24-16-9-18-17(29-12-30-18)8-15(16)21-25-22(28)20-14-6-7-27(10-13-4-2-1-3-5-13)11-19(14)31-23(20)26-21/h1-5,8-9,21,26H,6-7,10-12H2,(H,25,28). The van der Waals surface area contributed by atoms with Crippen molar-refractivity contribution in [1.29, 1.82) is 0 Å². The number of ether oxygens (including phenoxy) is 2. The van der Waals surface area contributed by atoms with E-state index in [1.165, 1.54) is 16.0 Å². The van der Waals surface area contributed by atoms with E-state index in [0.29, 0.717) is 16.5 Å². The van der Waals surface area contributed by atoms with Gasteiger partial charge in [-0.05, 0) is 23.6 Å². The molecule has 1 amide bonds. The van der Waals surface area contributed by atoms with Crippen LogP contribution in [0.1, 0.15) is 38.1 Å². The van der Waals surface area contributed by atoms with Crippen molar-refractivity contribution in [3.05, 3.63) is 74.6 Å². The van der Waals surface area contributed by atoms with E-state index in [4.69, 9.17) is 21.1 Å². The van der Waals surface area contributed by atoms with E-state index in [9.17, 15) is 4.79 Å². The lowest BCUT2D eigenvalue weighted by atomic mass is 10.00. The number of hydrogen-bond acceptors (Lipinski definition) is 6. The third kappa shape index (κ3) is 3.33. The number of thiophene rings is 1. The minimum atomic E-state index is -0.414. The van der Waals surface area contributed by atoms with Gasteiger partial charge in [0.2, 0.25) is 6.79 Å². The van der Waals surface area contributed by atoms with E-state index in [1.54, 1.807) is 17.4 Å². The number of benzene rings is 2. The molecule has 0 bridgehead atoms. The molecule has 3 aromatic rings. The quantitative estimate of drug-likeness (QED) is 0.609. The summed E-state index contributed by atoms with van der Waals surface area (Å²) in [6.07, 6.45) is 0.459. The summed E-state index contributed by atoms with van der Waals surface area (Å²) < 4.78 is 10.9. The summed E-state index contributed by atoms with van der Waals surface area (Å²) in [5.74, 6) is 1.21. The summed E-state index contributed by atoms with van der Waals surface area (Å²) in [5, 5.41) is 7.99. The van der Waals surface area contributed by atoms with Crippen LogP contribution in [0.2, 0.25) is 5.02 Å². The molecule has 31 heavy (non-hydrogen) atoms. The molecule has 4 heterocycles. The van der Waals surface area contributed by atoms with E-state index >= 15 is 0 Å². The van der Waals surface area contributed by atoms with E-state index in [1.807, 2.05) is 12.1 Å². The fourth-order valence-corrected chi connectivity index (χ4v) is 6.03. The normalized spacial score (nSPS) is 19.4. The Morgan fingerprint density at radius 1 is 1.13 bits per heavy atom. The number of carbonyl (C=O) groups excluding carboxylic acids is 1. The average molecular weight is 454 g/mol. The lowest BCUT2D eigenvalue weighted by Crippen LogP contribution is -2.39. The molecular formula is C23H20ClN3O3S. The third-order valence-electron chi connectivity index (χ3n) is 5.97. The zero-order valence-electron chi connectivity index (χ0n) is 16.6. The third-order valence-corrected chi connectivity index (χ3v) is 7.44. The van der Waals surface area contributed by atoms with Gasteiger partial charge >= 0.3 is 0 Å². The zero-order chi connectivity index (χ0) is 20.9. The van der Waals surface area contributed by atoms with Crippen LogP contribution in [-0.2, 0) is 19.5 Å². The van der Waals surface area contributed by atoms with Crippen LogP contribution < -0.4 is 20.1 Å². The maximum atomic E-state index is 13.1. The summed E-state index contributed by atoms with van der Waals surface area (Å²) in [6, 6.07) is 14.1.